The van der Waals surface area contributed by atoms with Gasteiger partial charge in [0.05, 0.1) is 11.6 Å². The molecule has 0 saturated heterocycles. The molecule has 4 nitrogen and oxygen atoms in total. The average molecular weight is 283 g/mol. The van der Waals surface area contributed by atoms with Gasteiger partial charge in [0.1, 0.15) is 0 Å². The fourth-order valence-electron chi connectivity index (χ4n) is 0.174. The molecule has 0 aliphatic heterocycles. The van der Waals surface area contributed by atoms with Crippen LogP contribution in [0.4, 0.5) is 0 Å². The van der Waals surface area contributed by atoms with Gasteiger partial charge in [-0.2, -0.15) is 0 Å². The number of aliphatic carboxylic acids is 1. The van der Waals surface area contributed by atoms with Crippen LogP contribution < -0.4 is 0 Å². The van der Waals surface area contributed by atoms with Crippen LogP contribution in [0, 0.1) is 0 Å². The van der Waals surface area contributed by atoms with Crippen LogP contribution in [0.15, 0.2) is 35.4 Å². The largest absolute Gasteiger partial charge is 0.478 e. The number of hydrogen-bond acceptors (Lipinski definition) is 3. The van der Waals surface area contributed by atoms with Crippen LogP contribution in [0.5, 0.6) is 0 Å². The van der Waals surface area contributed by atoms with Gasteiger partial charge in [0, 0.05) is 11.1 Å². The quantitative estimate of drug-likeness (QED) is 0.623. The van der Waals surface area contributed by atoms with Crippen molar-refractivity contribution in [3.63, 3.8) is 0 Å². The maximum absolute atomic E-state index is 10.2. The molecule has 0 saturated carbocycles. The van der Waals surface area contributed by atoms with Crippen molar-refractivity contribution >= 4 is 35.1 Å². The number of carbonyl (C=O) groups is 2. The number of methoxy groups -OCH3 is 1. The molecule has 0 amide bonds. The van der Waals surface area contributed by atoms with Crippen LogP contribution in [0.2, 0.25) is 0 Å². The molecule has 0 fully saturated rings. The van der Waals surface area contributed by atoms with Crippen molar-refractivity contribution < 1.29 is 19.4 Å². The first-order valence-electron chi connectivity index (χ1n) is 4.18. The first-order valence-corrected chi connectivity index (χ1v) is 4.94. The summed E-state index contributed by atoms with van der Waals surface area (Å²) in [5.41, 5.74) is 0.609. The molecule has 0 aliphatic carbocycles. The molecule has 0 aliphatic rings. The van der Waals surface area contributed by atoms with Crippen molar-refractivity contribution in [2.75, 3.05) is 7.11 Å². The summed E-state index contributed by atoms with van der Waals surface area (Å²) in [6.45, 7) is 12.6. The molecule has 0 bridgehead atoms. The Morgan fingerprint density at radius 3 is 1.29 bits per heavy atom. The molecule has 0 rings (SSSR count). The zero-order chi connectivity index (χ0) is 14.6. The first-order chi connectivity index (χ1) is 7.56. The maximum atomic E-state index is 10.2. The van der Waals surface area contributed by atoms with E-state index >= 15 is 0 Å². The van der Waals surface area contributed by atoms with E-state index < -0.39 is 5.97 Å². The van der Waals surface area contributed by atoms with Crippen molar-refractivity contribution in [3.8, 4) is 0 Å². The van der Waals surface area contributed by atoms with Gasteiger partial charge in [0.2, 0.25) is 0 Å². The van der Waals surface area contributed by atoms with E-state index in [-0.39, 0.29) is 16.0 Å². The van der Waals surface area contributed by atoms with Gasteiger partial charge < -0.3 is 9.84 Å². The van der Waals surface area contributed by atoms with Crippen molar-refractivity contribution in [1.82, 2.24) is 0 Å². The molecule has 0 unspecified atom stereocenters. The SMILES string of the molecule is C=C(C)C(=O)O.C=C(C)C(=O)OC.C=C(Cl)Cl. The van der Waals surface area contributed by atoms with E-state index in [9.17, 15) is 9.59 Å². The second-order valence-electron chi connectivity index (χ2n) is 2.70. The Labute approximate surface area is 111 Å². The number of rotatable bonds is 2. The highest BCUT2D eigenvalue weighted by molar-refractivity contribution is 6.55. The highest BCUT2D eigenvalue weighted by Gasteiger charge is 1.95. The smallest absolute Gasteiger partial charge is 0.332 e. The topological polar surface area (TPSA) is 63.6 Å². The van der Waals surface area contributed by atoms with Crippen molar-refractivity contribution in [2.24, 2.45) is 0 Å². The second-order valence-corrected chi connectivity index (χ2v) is 3.80. The third-order valence-corrected chi connectivity index (χ3v) is 0.899. The summed E-state index contributed by atoms with van der Waals surface area (Å²) in [5, 5.41) is 7.89. The Morgan fingerprint density at radius 2 is 1.29 bits per heavy atom. The predicted molar refractivity (Wildman–Crippen MR) is 70.1 cm³/mol. The van der Waals surface area contributed by atoms with Crippen LogP contribution in [-0.4, -0.2) is 24.2 Å². The van der Waals surface area contributed by atoms with Crippen LogP contribution in [0.25, 0.3) is 0 Å². The molecule has 0 heterocycles. The molecule has 1 N–H and O–H groups in total. The molecule has 98 valence electrons. The number of carboxylic acids is 1. The lowest BCUT2D eigenvalue weighted by Crippen LogP contribution is -1.98. The highest BCUT2D eigenvalue weighted by Crippen LogP contribution is 1.98. The normalized spacial score (nSPS) is 7.35. The molecule has 0 aromatic heterocycles. The summed E-state index contributed by atoms with van der Waals surface area (Å²) < 4.78 is 4.38. The standard InChI is InChI=1S/C5H8O2.C4H6O2.C2H2Cl2/c1-4(2)5(6)7-3;1-3(2)4(5)6;1-2(3)4/h1H2,2-3H3;1H2,2H3,(H,5,6);1H2. The molecular weight excluding hydrogens is 267 g/mol. The molecule has 0 aromatic rings. The van der Waals surface area contributed by atoms with E-state index in [0.29, 0.717) is 5.57 Å². The van der Waals surface area contributed by atoms with E-state index in [1.807, 2.05) is 0 Å². The summed E-state index contributed by atoms with van der Waals surface area (Å²) in [6.07, 6.45) is 0. The number of halogens is 2. The van der Waals surface area contributed by atoms with Crippen LogP contribution in [0.3, 0.4) is 0 Å². The minimum atomic E-state index is -0.935. The van der Waals surface area contributed by atoms with Gasteiger partial charge in [-0.3, -0.25) is 0 Å². The molecule has 0 aromatic carbocycles. The van der Waals surface area contributed by atoms with Gasteiger partial charge in [0.25, 0.3) is 0 Å². The average Bonchev–Trinajstić information content (AvgIpc) is 2.16. The summed E-state index contributed by atoms with van der Waals surface area (Å²) in [5.74, 6) is -1.28. The third kappa shape index (κ3) is 31.3. The molecule has 6 heteroatoms. The van der Waals surface area contributed by atoms with Gasteiger partial charge in [-0.1, -0.05) is 42.9 Å². The fourth-order valence-corrected chi connectivity index (χ4v) is 0.174. The van der Waals surface area contributed by atoms with Gasteiger partial charge >= 0.3 is 11.9 Å². The van der Waals surface area contributed by atoms with E-state index in [1.165, 1.54) is 14.0 Å². The second kappa shape index (κ2) is 12.8. The lowest BCUT2D eigenvalue weighted by molar-refractivity contribution is -0.136. The molecular formula is C11H16Cl2O4. The molecule has 0 atom stereocenters. The number of carbonyl (C=O) groups excluding carboxylic acids is 1. The minimum Gasteiger partial charge on any atom is -0.478 e. The number of ether oxygens (including phenoxy) is 1. The van der Waals surface area contributed by atoms with E-state index in [4.69, 9.17) is 28.3 Å². The van der Waals surface area contributed by atoms with Crippen molar-refractivity contribution in [1.29, 1.82) is 0 Å². The van der Waals surface area contributed by atoms with E-state index in [1.54, 1.807) is 6.92 Å². The van der Waals surface area contributed by atoms with Crippen molar-refractivity contribution in [3.05, 3.63) is 35.4 Å². The predicted octanol–water partition coefficient (Wildman–Crippen LogP) is 3.32. The number of hydrogen-bond donors (Lipinski definition) is 1. The summed E-state index contributed by atoms with van der Waals surface area (Å²) in [4.78, 5) is 19.8. The highest BCUT2D eigenvalue weighted by atomic mass is 35.5. The fraction of sp³-hybridized carbons (Fsp3) is 0.273. The Hall–Kier alpha value is -1.26. The van der Waals surface area contributed by atoms with Crippen molar-refractivity contribution in [2.45, 2.75) is 13.8 Å². The molecule has 17 heavy (non-hydrogen) atoms. The van der Waals surface area contributed by atoms with E-state index in [2.05, 4.69) is 24.5 Å². The first kappa shape index (κ1) is 21.1. The summed E-state index contributed by atoms with van der Waals surface area (Å²) >= 11 is 9.69. The van der Waals surface area contributed by atoms with Crippen LogP contribution >= 0.6 is 23.2 Å². The van der Waals surface area contributed by atoms with Gasteiger partial charge in [-0.15, -0.1) is 0 Å². The monoisotopic (exact) mass is 282 g/mol. The molecule has 0 radical (unpaired) electrons. The Morgan fingerprint density at radius 1 is 1.06 bits per heavy atom. The lowest BCUT2D eigenvalue weighted by Gasteiger charge is -1.91. The lowest BCUT2D eigenvalue weighted by atomic mass is 10.4. The minimum absolute atomic E-state index is 0.111. The number of carboxylic acid groups (broad SMARTS) is 1. The molecule has 0 spiro atoms. The summed E-state index contributed by atoms with van der Waals surface area (Å²) in [7, 11) is 1.33. The summed E-state index contributed by atoms with van der Waals surface area (Å²) in [6, 6.07) is 0. The van der Waals surface area contributed by atoms with Crippen LogP contribution in [0.1, 0.15) is 13.8 Å². The maximum Gasteiger partial charge on any atom is 0.332 e. The van der Waals surface area contributed by atoms with Gasteiger partial charge in [-0.25, -0.2) is 9.59 Å². The zero-order valence-corrected chi connectivity index (χ0v) is 11.6. The third-order valence-electron chi connectivity index (χ3n) is 0.899. The van der Waals surface area contributed by atoms with Crippen LogP contribution in [-0.2, 0) is 14.3 Å². The van der Waals surface area contributed by atoms with E-state index in [0.717, 1.165) is 0 Å². The van der Waals surface area contributed by atoms with Gasteiger partial charge in [-0.05, 0) is 13.8 Å². The zero-order valence-electron chi connectivity index (χ0n) is 10.0. The Bertz CT molecular complexity index is 293. The van der Waals surface area contributed by atoms with Gasteiger partial charge in [0.15, 0.2) is 0 Å². The Kier molecular flexibility index (Phi) is 15.9. The number of esters is 1. The Balaban J connectivity index is -0.000000180.